The van der Waals surface area contributed by atoms with Gasteiger partial charge in [0, 0.05) is 16.6 Å². The molecule has 1 rings (SSSR count). The molecule has 2 atom stereocenters. The van der Waals surface area contributed by atoms with E-state index in [0.717, 1.165) is 0 Å². The van der Waals surface area contributed by atoms with Crippen molar-refractivity contribution in [2.24, 2.45) is 0 Å². The number of hydrogen-bond donors (Lipinski definition) is 3. The quantitative estimate of drug-likeness (QED) is 0.727. The van der Waals surface area contributed by atoms with Crippen LogP contribution in [0.3, 0.4) is 0 Å². The van der Waals surface area contributed by atoms with Gasteiger partial charge in [-0.2, -0.15) is 0 Å². The number of carbonyl (C=O) groups is 1. The first-order chi connectivity index (χ1) is 8.86. The summed E-state index contributed by atoms with van der Waals surface area (Å²) in [5.74, 6) is 0. The summed E-state index contributed by atoms with van der Waals surface area (Å²) in [6, 6.07) is 6.51. The Morgan fingerprint density at radius 2 is 2.21 bits per heavy atom. The molecule has 0 unspecified atom stereocenters. The number of nitrogens with one attached hydrogen (secondary N) is 2. The molecule has 104 valence electrons. The lowest BCUT2D eigenvalue weighted by Gasteiger charge is -2.25. The Hall–Kier alpha value is -1.52. The number of amides is 2. The third kappa shape index (κ3) is 4.58. The first kappa shape index (κ1) is 15.5. The van der Waals surface area contributed by atoms with Crippen LogP contribution in [0.15, 0.2) is 36.9 Å². The number of aliphatic hydroxyl groups is 1. The van der Waals surface area contributed by atoms with E-state index in [1.54, 1.807) is 44.2 Å². The fourth-order valence-electron chi connectivity index (χ4n) is 1.56. The van der Waals surface area contributed by atoms with Crippen LogP contribution in [0.4, 0.5) is 4.79 Å². The van der Waals surface area contributed by atoms with Crippen LogP contribution in [0.25, 0.3) is 0 Å². The lowest BCUT2D eigenvalue weighted by Crippen LogP contribution is -2.45. The van der Waals surface area contributed by atoms with Crippen LogP contribution in [0, 0.1) is 0 Å². The van der Waals surface area contributed by atoms with Gasteiger partial charge >= 0.3 is 6.03 Å². The normalized spacial score (nSPS) is 15.2. The molecule has 19 heavy (non-hydrogen) atoms. The van der Waals surface area contributed by atoms with Gasteiger partial charge in [-0.05, 0) is 19.9 Å². The van der Waals surface area contributed by atoms with Crippen molar-refractivity contribution in [2.45, 2.75) is 25.5 Å². The van der Waals surface area contributed by atoms with Crippen molar-refractivity contribution in [2.75, 3.05) is 6.54 Å². The minimum Gasteiger partial charge on any atom is -0.384 e. The Morgan fingerprint density at radius 3 is 2.79 bits per heavy atom. The van der Waals surface area contributed by atoms with Crippen molar-refractivity contribution >= 4 is 17.6 Å². The summed E-state index contributed by atoms with van der Waals surface area (Å²) >= 11 is 6.03. The smallest absolute Gasteiger partial charge is 0.315 e. The van der Waals surface area contributed by atoms with Crippen molar-refractivity contribution in [1.82, 2.24) is 10.6 Å². The molecule has 2 amide bonds. The maximum Gasteiger partial charge on any atom is 0.315 e. The fourth-order valence-corrected chi connectivity index (χ4v) is 1.90. The number of benzene rings is 1. The van der Waals surface area contributed by atoms with E-state index >= 15 is 0 Å². The lowest BCUT2D eigenvalue weighted by molar-refractivity contribution is 0.0594. The summed E-state index contributed by atoms with van der Waals surface area (Å²) in [5, 5.41) is 16.1. The van der Waals surface area contributed by atoms with Crippen LogP contribution in [0.5, 0.6) is 0 Å². The average Bonchev–Trinajstić information content (AvgIpc) is 2.36. The molecule has 0 aliphatic heterocycles. The maximum atomic E-state index is 11.6. The Bertz CT molecular complexity index is 461. The standard InChI is InChI=1S/C14H19ClN2O2/c1-4-10(2)17-13(18)16-9-14(3,19)11-7-5-6-8-12(11)15/h4-8,10,19H,1,9H2,2-3H3,(H2,16,17,18)/t10-,14+/m0/s1. The molecule has 0 aliphatic rings. The molecule has 0 radical (unpaired) electrons. The van der Waals surface area contributed by atoms with Crippen molar-refractivity contribution in [3.05, 3.63) is 47.5 Å². The van der Waals surface area contributed by atoms with E-state index in [0.29, 0.717) is 10.6 Å². The van der Waals surface area contributed by atoms with E-state index in [9.17, 15) is 9.90 Å². The van der Waals surface area contributed by atoms with Crippen LogP contribution in [0.2, 0.25) is 5.02 Å². The van der Waals surface area contributed by atoms with E-state index in [2.05, 4.69) is 17.2 Å². The molecule has 0 spiro atoms. The minimum absolute atomic E-state index is 0.0619. The van der Waals surface area contributed by atoms with Crippen molar-refractivity contribution in [3.63, 3.8) is 0 Å². The topological polar surface area (TPSA) is 61.4 Å². The Morgan fingerprint density at radius 1 is 1.58 bits per heavy atom. The lowest BCUT2D eigenvalue weighted by atomic mass is 9.96. The van der Waals surface area contributed by atoms with Crippen LogP contribution in [0.1, 0.15) is 19.4 Å². The average molecular weight is 283 g/mol. The number of rotatable bonds is 5. The Balaban J connectivity index is 2.63. The molecule has 0 bridgehead atoms. The van der Waals surface area contributed by atoms with Gasteiger partial charge in [0.15, 0.2) is 0 Å². The van der Waals surface area contributed by atoms with Gasteiger partial charge in [0.1, 0.15) is 5.60 Å². The summed E-state index contributed by atoms with van der Waals surface area (Å²) < 4.78 is 0. The molecule has 0 heterocycles. The van der Waals surface area contributed by atoms with Gasteiger partial charge < -0.3 is 15.7 Å². The first-order valence-corrected chi connectivity index (χ1v) is 6.39. The SMILES string of the molecule is C=C[C@H](C)NC(=O)NC[C@@](C)(O)c1ccccc1Cl. The van der Waals surface area contributed by atoms with Crippen molar-refractivity contribution in [1.29, 1.82) is 0 Å². The van der Waals surface area contributed by atoms with Gasteiger partial charge in [-0.15, -0.1) is 6.58 Å². The van der Waals surface area contributed by atoms with Gasteiger partial charge in [0.25, 0.3) is 0 Å². The molecule has 4 nitrogen and oxygen atoms in total. The third-order valence-electron chi connectivity index (χ3n) is 2.76. The third-order valence-corrected chi connectivity index (χ3v) is 3.09. The molecule has 0 aromatic heterocycles. The van der Waals surface area contributed by atoms with E-state index in [1.807, 2.05) is 0 Å². The summed E-state index contributed by atoms with van der Waals surface area (Å²) in [5.41, 5.74) is -0.652. The summed E-state index contributed by atoms with van der Waals surface area (Å²) in [4.78, 5) is 11.6. The molecule has 3 N–H and O–H groups in total. The van der Waals surface area contributed by atoms with Gasteiger partial charge in [-0.1, -0.05) is 35.9 Å². The predicted octanol–water partition coefficient (Wildman–Crippen LogP) is 2.42. The number of urea groups is 1. The predicted molar refractivity (Wildman–Crippen MR) is 77.2 cm³/mol. The van der Waals surface area contributed by atoms with E-state index in [4.69, 9.17) is 11.6 Å². The highest BCUT2D eigenvalue weighted by molar-refractivity contribution is 6.31. The fraction of sp³-hybridized carbons (Fsp3) is 0.357. The van der Waals surface area contributed by atoms with Crippen LogP contribution in [-0.2, 0) is 5.60 Å². The number of hydrogen-bond acceptors (Lipinski definition) is 2. The maximum absolute atomic E-state index is 11.6. The molecular weight excluding hydrogens is 264 g/mol. The minimum atomic E-state index is -1.23. The highest BCUT2D eigenvalue weighted by Gasteiger charge is 2.26. The summed E-state index contributed by atoms with van der Waals surface area (Å²) in [6.45, 7) is 7.04. The zero-order valence-corrected chi connectivity index (χ0v) is 11.9. The molecule has 0 aliphatic carbocycles. The second kappa shape index (κ2) is 6.59. The zero-order chi connectivity index (χ0) is 14.5. The largest absolute Gasteiger partial charge is 0.384 e. The number of halogens is 1. The number of carbonyl (C=O) groups excluding carboxylic acids is 1. The van der Waals surface area contributed by atoms with Crippen LogP contribution >= 0.6 is 11.6 Å². The van der Waals surface area contributed by atoms with Crippen LogP contribution < -0.4 is 10.6 Å². The van der Waals surface area contributed by atoms with Gasteiger partial charge in [0.2, 0.25) is 0 Å². The van der Waals surface area contributed by atoms with Crippen LogP contribution in [-0.4, -0.2) is 23.7 Å². The Kier molecular flexibility index (Phi) is 5.39. The molecule has 1 aromatic rings. The molecular formula is C14H19ClN2O2. The highest BCUT2D eigenvalue weighted by atomic mass is 35.5. The van der Waals surface area contributed by atoms with Gasteiger partial charge in [-0.3, -0.25) is 0 Å². The van der Waals surface area contributed by atoms with Gasteiger partial charge in [0.05, 0.1) is 6.54 Å². The molecule has 5 heteroatoms. The molecule has 0 fully saturated rings. The highest BCUT2D eigenvalue weighted by Crippen LogP contribution is 2.26. The molecule has 0 saturated carbocycles. The molecule has 0 saturated heterocycles. The summed E-state index contributed by atoms with van der Waals surface area (Å²) in [7, 11) is 0. The van der Waals surface area contributed by atoms with Crippen molar-refractivity contribution in [3.8, 4) is 0 Å². The van der Waals surface area contributed by atoms with Gasteiger partial charge in [-0.25, -0.2) is 4.79 Å². The monoisotopic (exact) mass is 282 g/mol. The second-order valence-corrected chi connectivity index (χ2v) is 5.01. The van der Waals surface area contributed by atoms with Crippen molar-refractivity contribution < 1.29 is 9.90 Å². The zero-order valence-electron chi connectivity index (χ0n) is 11.1. The second-order valence-electron chi connectivity index (χ2n) is 4.61. The Labute approximate surface area is 118 Å². The van der Waals surface area contributed by atoms with E-state index in [-0.39, 0.29) is 18.6 Å². The summed E-state index contributed by atoms with van der Waals surface area (Å²) in [6.07, 6.45) is 1.62. The van der Waals surface area contributed by atoms with E-state index < -0.39 is 5.60 Å². The molecule has 1 aromatic carbocycles. The van der Waals surface area contributed by atoms with E-state index in [1.165, 1.54) is 0 Å². The first-order valence-electron chi connectivity index (χ1n) is 6.01.